The second-order valence-corrected chi connectivity index (χ2v) is 6.74. The van der Waals surface area contributed by atoms with Crippen LogP contribution < -0.4 is 4.90 Å². The van der Waals surface area contributed by atoms with E-state index < -0.39 is 0 Å². The van der Waals surface area contributed by atoms with E-state index in [1.165, 1.54) is 33.2 Å². The van der Waals surface area contributed by atoms with Gasteiger partial charge in [-0.3, -0.25) is 9.97 Å². The Morgan fingerprint density at radius 3 is 2.65 bits per heavy atom. The van der Waals surface area contributed by atoms with E-state index in [0.29, 0.717) is 0 Å². The summed E-state index contributed by atoms with van der Waals surface area (Å²) in [5.74, 6) is 0. The van der Waals surface area contributed by atoms with Crippen molar-refractivity contribution in [3.8, 4) is 0 Å². The molecule has 0 spiro atoms. The van der Waals surface area contributed by atoms with E-state index >= 15 is 0 Å². The van der Waals surface area contributed by atoms with Crippen molar-refractivity contribution in [2.24, 2.45) is 0 Å². The monoisotopic (exact) mass is 337 g/mol. The van der Waals surface area contributed by atoms with Crippen LogP contribution in [0.4, 0.5) is 5.69 Å². The molecule has 4 aromatic rings. The van der Waals surface area contributed by atoms with Gasteiger partial charge < -0.3 is 4.90 Å². The lowest BCUT2D eigenvalue weighted by Gasteiger charge is -2.39. The van der Waals surface area contributed by atoms with Gasteiger partial charge in [0.25, 0.3) is 0 Å². The largest absolute Gasteiger partial charge is 0.359 e. The molecular formula is C23H19N3. The number of benzene rings is 2. The third-order valence-electron chi connectivity index (χ3n) is 5.24. The Morgan fingerprint density at radius 1 is 0.808 bits per heavy atom. The fourth-order valence-electron chi connectivity index (χ4n) is 4.00. The molecule has 3 heteroatoms. The van der Waals surface area contributed by atoms with Crippen LogP contribution in [0.1, 0.15) is 22.7 Å². The molecule has 0 amide bonds. The number of hydrogen-bond donors (Lipinski definition) is 0. The van der Waals surface area contributed by atoms with Crippen LogP contribution in [0.3, 0.4) is 0 Å². The van der Waals surface area contributed by atoms with Crippen LogP contribution in [0.5, 0.6) is 0 Å². The first kappa shape index (κ1) is 15.1. The van der Waals surface area contributed by atoms with Gasteiger partial charge in [-0.2, -0.15) is 0 Å². The summed E-state index contributed by atoms with van der Waals surface area (Å²) < 4.78 is 0. The average Bonchev–Trinajstić information content (AvgIpc) is 2.73. The summed E-state index contributed by atoms with van der Waals surface area (Å²) in [6.07, 6.45) is 8.64. The molecule has 3 heterocycles. The zero-order valence-electron chi connectivity index (χ0n) is 14.4. The van der Waals surface area contributed by atoms with Crippen LogP contribution in [0.25, 0.3) is 10.8 Å². The fraction of sp³-hybridized carbons (Fsp3) is 0.130. The summed E-state index contributed by atoms with van der Waals surface area (Å²) in [5, 5.41) is 2.40. The van der Waals surface area contributed by atoms with Gasteiger partial charge >= 0.3 is 0 Å². The van der Waals surface area contributed by atoms with E-state index in [0.717, 1.165) is 13.0 Å². The molecule has 5 rings (SSSR count). The van der Waals surface area contributed by atoms with Crippen molar-refractivity contribution in [3.05, 3.63) is 102 Å². The highest BCUT2D eigenvalue weighted by atomic mass is 15.2. The van der Waals surface area contributed by atoms with Crippen LogP contribution in [-0.4, -0.2) is 16.5 Å². The van der Waals surface area contributed by atoms with Gasteiger partial charge in [0.1, 0.15) is 0 Å². The molecule has 2 aromatic carbocycles. The maximum absolute atomic E-state index is 4.34. The smallest absolute Gasteiger partial charge is 0.0799 e. The number of nitrogens with zero attached hydrogens (tertiary/aromatic N) is 3. The van der Waals surface area contributed by atoms with Gasteiger partial charge in [0.15, 0.2) is 0 Å². The number of pyridine rings is 2. The third kappa shape index (κ3) is 2.53. The second-order valence-electron chi connectivity index (χ2n) is 6.74. The van der Waals surface area contributed by atoms with Gasteiger partial charge in [0.05, 0.1) is 17.9 Å². The van der Waals surface area contributed by atoms with Crippen LogP contribution in [-0.2, 0) is 6.42 Å². The highest BCUT2D eigenvalue weighted by Gasteiger charge is 2.29. The fourth-order valence-corrected chi connectivity index (χ4v) is 4.00. The Kier molecular flexibility index (Phi) is 3.64. The lowest BCUT2D eigenvalue weighted by Crippen LogP contribution is -2.36. The number of aromatic nitrogens is 2. The lowest BCUT2D eigenvalue weighted by molar-refractivity contribution is 0.652. The highest BCUT2D eigenvalue weighted by Crippen LogP contribution is 2.38. The molecule has 0 N–H and O–H groups in total. The van der Waals surface area contributed by atoms with Crippen LogP contribution >= 0.6 is 0 Å². The summed E-state index contributed by atoms with van der Waals surface area (Å²) in [6.45, 7) is 0.985. The van der Waals surface area contributed by atoms with E-state index in [-0.39, 0.29) is 6.04 Å². The summed E-state index contributed by atoms with van der Waals surface area (Å²) in [7, 11) is 0. The van der Waals surface area contributed by atoms with Gasteiger partial charge in [0, 0.05) is 30.5 Å². The maximum Gasteiger partial charge on any atom is 0.0799 e. The first-order chi connectivity index (χ1) is 12.9. The number of hydrogen-bond acceptors (Lipinski definition) is 3. The second kappa shape index (κ2) is 6.26. The molecule has 1 atom stereocenters. The molecule has 0 saturated carbocycles. The first-order valence-electron chi connectivity index (χ1n) is 8.98. The molecule has 0 aliphatic carbocycles. The quantitative estimate of drug-likeness (QED) is 0.527. The predicted octanol–water partition coefficient (Wildman–Crippen LogP) is 4.78. The summed E-state index contributed by atoms with van der Waals surface area (Å²) >= 11 is 0. The minimum Gasteiger partial charge on any atom is -0.359 e. The van der Waals surface area contributed by atoms with Crippen molar-refractivity contribution in [2.75, 3.05) is 11.4 Å². The summed E-state index contributed by atoms with van der Waals surface area (Å²) in [6, 6.07) is 21.9. The third-order valence-corrected chi connectivity index (χ3v) is 5.24. The van der Waals surface area contributed by atoms with Gasteiger partial charge in [-0.05, 0) is 52.8 Å². The zero-order chi connectivity index (χ0) is 17.3. The number of rotatable bonds is 2. The van der Waals surface area contributed by atoms with Gasteiger partial charge in [-0.1, -0.05) is 36.4 Å². The molecule has 3 nitrogen and oxygen atoms in total. The van der Waals surface area contributed by atoms with E-state index in [1.807, 2.05) is 30.9 Å². The molecule has 0 saturated heterocycles. The predicted molar refractivity (Wildman–Crippen MR) is 105 cm³/mol. The molecule has 0 bridgehead atoms. The Balaban J connectivity index is 1.69. The molecule has 1 aliphatic heterocycles. The Labute approximate surface area is 153 Å². The molecule has 0 fully saturated rings. The van der Waals surface area contributed by atoms with E-state index in [9.17, 15) is 0 Å². The van der Waals surface area contributed by atoms with Gasteiger partial charge in [-0.25, -0.2) is 0 Å². The first-order valence-corrected chi connectivity index (χ1v) is 8.98. The van der Waals surface area contributed by atoms with Crippen molar-refractivity contribution in [2.45, 2.75) is 12.5 Å². The summed E-state index contributed by atoms with van der Waals surface area (Å²) in [5.41, 5.74) is 5.27. The molecule has 126 valence electrons. The van der Waals surface area contributed by atoms with Gasteiger partial charge in [0.2, 0.25) is 0 Å². The van der Waals surface area contributed by atoms with E-state index in [2.05, 4.69) is 69.5 Å². The molecule has 2 aromatic heterocycles. The zero-order valence-corrected chi connectivity index (χ0v) is 14.4. The van der Waals surface area contributed by atoms with Crippen molar-refractivity contribution in [1.82, 2.24) is 9.97 Å². The number of fused-ring (bicyclic) bond motifs is 2. The Morgan fingerprint density at radius 2 is 1.73 bits per heavy atom. The highest BCUT2D eigenvalue weighted by molar-refractivity contribution is 5.82. The minimum absolute atomic E-state index is 0.189. The van der Waals surface area contributed by atoms with Crippen LogP contribution in [0.15, 0.2) is 85.5 Å². The topological polar surface area (TPSA) is 29.0 Å². The normalized spacial score (nSPS) is 16.5. The Hall–Kier alpha value is -3.20. The Bertz CT molecular complexity index is 1060. The maximum atomic E-state index is 4.34. The van der Waals surface area contributed by atoms with E-state index in [1.54, 1.807) is 0 Å². The molecule has 26 heavy (non-hydrogen) atoms. The van der Waals surface area contributed by atoms with E-state index in [4.69, 9.17) is 0 Å². The van der Waals surface area contributed by atoms with Crippen molar-refractivity contribution >= 4 is 16.5 Å². The number of anilines is 1. The van der Waals surface area contributed by atoms with Gasteiger partial charge in [-0.15, -0.1) is 0 Å². The van der Waals surface area contributed by atoms with Crippen molar-refractivity contribution < 1.29 is 0 Å². The van der Waals surface area contributed by atoms with Crippen molar-refractivity contribution in [1.29, 1.82) is 0 Å². The van der Waals surface area contributed by atoms with Crippen LogP contribution in [0, 0.1) is 0 Å². The average molecular weight is 337 g/mol. The van der Waals surface area contributed by atoms with Crippen molar-refractivity contribution in [3.63, 3.8) is 0 Å². The molecule has 1 aliphatic rings. The lowest BCUT2D eigenvalue weighted by atomic mass is 9.87. The molecule has 0 radical (unpaired) electrons. The SMILES string of the molecule is c1cncc(N2CCc3ccccc3C2c2ccc3ccncc3c2)c1. The molecule has 1 unspecified atom stereocenters. The van der Waals surface area contributed by atoms with Crippen LogP contribution in [0.2, 0.25) is 0 Å². The minimum atomic E-state index is 0.189. The standard InChI is InChI=1S/C23H19N3/c1-2-6-22-18(4-1)10-13-26(21-5-3-11-24-16-21)23(22)19-8-7-17-9-12-25-15-20(17)14-19/h1-9,11-12,14-16,23H,10,13H2. The molecular weight excluding hydrogens is 318 g/mol. The summed E-state index contributed by atoms with van der Waals surface area (Å²) in [4.78, 5) is 11.1.